The van der Waals surface area contributed by atoms with E-state index < -0.39 is 5.92 Å². The number of benzene rings is 2. The highest BCUT2D eigenvalue weighted by molar-refractivity contribution is 5.98. The van der Waals surface area contributed by atoms with Gasteiger partial charge in [-0.3, -0.25) is 9.78 Å². The van der Waals surface area contributed by atoms with Crippen molar-refractivity contribution in [3.8, 4) is 0 Å². The number of rotatable bonds is 7. The smallest absolute Gasteiger partial charge is 0.236 e. The van der Waals surface area contributed by atoms with Crippen LogP contribution in [0, 0.1) is 6.92 Å². The molecule has 0 aliphatic rings. The second-order valence-electron chi connectivity index (χ2n) is 7.81. The molecule has 5 nitrogen and oxygen atoms in total. The van der Waals surface area contributed by atoms with Crippen molar-refractivity contribution in [2.75, 3.05) is 5.32 Å². The summed E-state index contributed by atoms with van der Waals surface area (Å²) in [5.74, 6) is 0.464. The van der Waals surface area contributed by atoms with Crippen molar-refractivity contribution in [2.45, 2.75) is 19.3 Å². The van der Waals surface area contributed by atoms with Gasteiger partial charge in [-0.05, 0) is 35.8 Å². The first-order chi connectivity index (χ1) is 15.5. The summed E-state index contributed by atoms with van der Waals surface area (Å²) >= 11 is 0. The molecule has 2 aromatic carbocycles. The third-order valence-electron chi connectivity index (χ3n) is 5.63. The number of carbonyl (C=O) groups excluding carboxylic acids is 1. The Balaban J connectivity index is 1.50. The Bertz CT molecular complexity index is 1170. The molecule has 4 rings (SSSR count). The number of hydrogen-bond donors (Lipinski definition) is 1. The number of nitrogens with one attached hydrogen (secondary N) is 1. The van der Waals surface area contributed by atoms with Crippen LogP contribution in [-0.2, 0) is 18.3 Å². The quantitative estimate of drug-likeness (QED) is 0.448. The molecular weight excluding hydrogens is 396 g/mol. The molecule has 0 spiro atoms. The Labute approximate surface area is 188 Å². The maximum atomic E-state index is 13.2. The lowest BCUT2D eigenvalue weighted by atomic mass is 9.90. The number of nitrogens with zero attached hydrogens (tertiary/aromatic N) is 3. The third kappa shape index (κ3) is 4.67. The van der Waals surface area contributed by atoms with Gasteiger partial charge in [0.05, 0.1) is 23.5 Å². The van der Waals surface area contributed by atoms with Crippen LogP contribution in [0.1, 0.15) is 34.3 Å². The van der Waals surface area contributed by atoms with Crippen molar-refractivity contribution in [2.24, 2.45) is 7.05 Å². The number of imidazole rings is 1. The Hall–Kier alpha value is -3.99. The highest BCUT2D eigenvalue weighted by Gasteiger charge is 2.22. The minimum absolute atomic E-state index is 0.0962. The first-order valence-corrected chi connectivity index (χ1v) is 10.5. The van der Waals surface area contributed by atoms with E-state index in [9.17, 15) is 4.79 Å². The Morgan fingerprint density at radius 2 is 1.56 bits per heavy atom. The van der Waals surface area contributed by atoms with E-state index >= 15 is 0 Å². The van der Waals surface area contributed by atoms with E-state index in [0.717, 1.165) is 33.9 Å². The summed E-state index contributed by atoms with van der Waals surface area (Å²) in [4.78, 5) is 22.1. The molecule has 0 unspecified atom stereocenters. The SMILES string of the molecule is C=C(Cc1cnc(C)n1C)c1ccc(NC(=O)C(c2ccccc2)c2ccccc2)cn1. The Morgan fingerprint density at radius 1 is 0.938 bits per heavy atom. The highest BCUT2D eigenvalue weighted by Crippen LogP contribution is 2.26. The van der Waals surface area contributed by atoms with Gasteiger partial charge in [-0.15, -0.1) is 0 Å². The van der Waals surface area contributed by atoms with Gasteiger partial charge >= 0.3 is 0 Å². The maximum Gasteiger partial charge on any atom is 0.236 e. The third-order valence-corrected chi connectivity index (χ3v) is 5.63. The van der Waals surface area contributed by atoms with Crippen LogP contribution in [0.3, 0.4) is 0 Å². The second-order valence-corrected chi connectivity index (χ2v) is 7.81. The normalized spacial score (nSPS) is 10.8. The van der Waals surface area contributed by atoms with Crippen LogP contribution in [0.5, 0.6) is 0 Å². The average Bonchev–Trinajstić information content (AvgIpc) is 3.13. The fourth-order valence-electron chi connectivity index (χ4n) is 3.70. The zero-order chi connectivity index (χ0) is 22.5. The van der Waals surface area contributed by atoms with Crippen molar-refractivity contribution in [3.63, 3.8) is 0 Å². The monoisotopic (exact) mass is 422 g/mol. The zero-order valence-corrected chi connectivity index (χ0v) is 18.3. The Morgan fingerprint density at radius 3 is 2.06 bits per heavy atom. The van der Waals surface area contributed by atoms with Crippen LogP contribution >= 0.6 is 0 Å². The molecule has 160 valence electrons. The minimum Gasteiger partial charge on any atom is -0.335 e. The molecule has 4 aromatic rings. The van der Waals surface area contributed by atoms with Crippen molar-refractivity contribution in [3.05, 3.63) is 120 Å². The predicted molar refractivity (Wildman–Crippen MR) is 128 cm³/mol. The largest absolute Gasteiger partial charge is 0.335 e. The van der Waals surface area contributed by atoms with Gasteiger partial charge in [0.25, 0.3) is 0 Å². The summed E-state index contributed by atoms with van der Waals surface area (Å²) in [6, 6.07) is 23.4. The van der Waals surface area contributed by atoms with Crippen LogP contribution in [0.2, 0.25) is 0 Å². The molecule has 0 saturated heterocycles. The summed E-state index contributed by atoms with van der Waals surface area (Å²) in [6.07, 6.45) is 4.21. The van der Waals surface area contributed by atoms with Gasteiger partial charge in [0, 0.05) is 25.4 Å². The van der Waals surface area contributed by atoms with E-state index in [1.54, 1.807) is 6.20 Å². The molecule has 2 heterocycles. The summed E-state index contributed by atoms with van der Waals surface area (Å²) in [5, 5.41) is 3.02. The van der Waals surface area contributed by atoms with Crippen molar-refractivity contribution < 1.29 is 4.79 Å². The summed E-state index contributed by atoms with van der Waals surface area (Å²) in [7, 11) is 1.99. The van der Waals surface area contributed by atoms with E-state index in [1.165, 1.54) is 0 Å². The summed E-state index contributed by atoms with van der Waals surface area (Å²) in [6.45, 7) is 6.15. The molecule has 32 heavy (non-hydrogen) atoms. The average molecular weight is 423 g/mol. The molecule has 2 aromatic heterocycles. The number of aryl methyl sites for hydroxylation is 1. The molecule has 0 fully saturated rings. The van der Waals surface area contributed by atoms with Gasteiger partial charge in [-0.25, -0.2) is 4.98 Å². The molecule has 0 bridgehead atoms. The number of amides is 1. The van der Waals surface area contributed by atoms with E-state index in [-0.39, 0.29) is 5.91 Å². The Kier molecular flexibility index (Phi) is 6.26. The first-order valence-electron chi connectivity index (χ1n) is 10.5. The number of allylic oxidation sites excluding steroid dienone is 1. The van der Waals surface area contributed by atoms with E-state index in [0.29, 0.717) is 12.1 Å². The second kappa shape index (κ2) is 9.43. The van der Waals surface area contributed by atoms with Gasteiger partial charge in [-0.1, -0.05) is 67.2 Å². The number of pyridine rings is 1. The topological polar surface area (TPSA) is 59.8 Å². The molecule has 0 atom stereocenters. The summed E-state index contributed by atoms with van der Waals surface area (Å²) < 4.78 is 2.05. The van der Waals surface area contributed by atoms with E-state index in [2.05, 4.69) is 21.9 Å². The predicted octanol–water partition coefficient (Wildman–Crippen LogP) is 5.15. The van der Waals surface area contributed by atoms with Gasteiger partial charge in [0.1, 0.15) is 5.82 Å². The van der Waals surface area contributed by atoms with Crippen LogP contribution in [0.15, 0.2) is 91.8 Å². The van der Waals surface area contributed by atoms with Crippen molar-refractivity contribution in [1.29, 1.82) is 0 Å². The molecule has 5 heteroatoms. The van der Waals surface area contributed by atoms with Crippen molar-refractivity contribution in [1.82, 2.24) is 14.5 Å². The molecule has 0 radical (unpaired) electrons. The van der Waals surface area contributed by atoms with Crippen LogP contribution in [0.25, 0.3) is 5.57 Å². The number of aromatic nitrogens is 3. The van der Waals surface area contributed by atoms with Gasteiger partial charge < -0.3 is 9.88 Å². The number of anilines is 1. The molecular formula is C27H26N4O. The van der Waals surface area contributed by atoms with Gasteiger partial charge in [0.2, 0.25) is 5.91 Å². The molecule has 0 saturated carbocycles. The lowest BCUT2D eigenvalue weighted by Gasteiger charge is -2.18. The first kappa shape index (κ1) is 21.2. The van der Waals surface area contributed by atoms with Crippen LogP contribution in [0.4, 0.5) is 5.69 Å². The van der Waals surface area contributed by atoms with Crippen LogP contribution in [-0.4, -0.2) is 20.4 Å². The fourth-order valence-corrected chi connectivity index (χ4v) is 3.70. The maximum absolute atomic E-state index is 13.2. The van der Waals surface area contributed by atoms with Crippen LogP contribution < -0.4 is 5.32 Å². The molecule has 1 N–H and O–H groups in total. The number of carbonyl (C=O) groups is 1. The molecule has 0 aliphatic heterocycles. The van der Waals surface area contributed by atoms with E-state index in [4.69, 9.17) is 0 Å². The van der Waals surface area contributed by atoms with E-state index in [1.807, 2.05) is 97.5 Å². The zero-order valence-electron chi connectivity index (χ0n) is 18.3. The van der Waals surface area contributed by atoms with Gasteiger partial charge in [-0.2, -0.15) is 0 Å². The standard InChI is InChI=1S/C27H26N4O/c1-19(16-24-18-28-20(2)31(24)3)25-15-14-23(17-29-25)30-27(32)26(21-10-6-4-7-11-21)22-12-8-5-9-13-22/h4-15,17-18,26H,1,16H2,2-3H3,(H,30,32). The van der Waals surface area contributed by atoms with Gasteiger partial charge in [0.15, 0.2) is 0 Å². The minimum atomic E-state index is -0.403. The summed E-state index contributed by atoms with van der Waals surface area (Å²) in [5.41, 5.74) is 5.32. The number of hydrogen-bond acceptors (Lipinski definition) is 3. The lowest BCUT2D eigenvalue weighted by Crippen LogP contribution is -2.22. The lowest BCUT2D eigenvalue weighted by molar-refractivity contribution is -0.116. The fraction of sp³-hybridized carbons (Fsp3) is 0.148. The molecule has 0 aliphatic carbocycles. The van der Waals surface area contributed by atoms with Crippen molar-refractivity contribution >= 4 is 17.2 Å². The highest BCUT2D eigenvalue weighted by atomic mass is 16.1. The molecule has 1 amide bonds.